The maximum absolute atomic E-state index is 14.0. The molecule has 46 heavy (non-hydrogen) atoms. The molecule has 1 aromatic carbocycles. The maximum Gasteiger partial charge on any atom is 0.243 e. The van der Waals surface area contributed by atoms with Crippen LogP contribution in [0.25, 0.3) is 10.9 Å². The third kappa shape index (κ3) is 13.0. The second-order valence-electron chi connectivity index (χ2n) is 12.4. The van der Waals surface area contributed by atoms with Crippen molar-refractivity contribution in [3.05, 3.63) is 36.0 Å². The van der Waals surface area contributed by atoms with Crippen LogP contribution >= 0.6 is 23.5 Å². The lowest BCUT2D eigenvalue weighted by Gasteiger charge is -2.27. The van der Waals surface area contributed by atoms with Gasteiger partial charge >= 0.3 is 0 Å². The molecule has 0 aliphatic carbocycles. The number of benzene rings is 1. The van der Waals surface area contributed by atoms with Crippen molar-refractivity contribution in [2.75, 3.05) is 24.0 Å². The third-order valence-corrected chi connectivity index (χ3v) is 8.79. The van der Waals surface area contributed by atoms with Crippen LogP contribution in [0.1, 0.15) is 58.9 Å². The minimum absolute atomic E-state index is 0.0546. The van der Waals surface area contributed by atoms with Gasteiger partial charge in [-0.3, -0.25) is 19.2 Å². The lowest BCUT2D eigenvalue weighted by Crippen LogP contribution is -2.59. The van der Waals surface area contributed by atoms with Crippen LogP contribution in [-0.2, 0) is 30.4 Å². The van der Waals surface area contributed by atoms with Crippen LogP contribution in [0.3, 0.4) is 0 Å². The van der Waals surface area contributed by atoms with Gasteiger partial charge in [0.05, 0.1) is 12.1 Å². The number of hydrogen-bond donors (Lipinski definition) is 6. The monoisotopic (exact) mass is 676 g/mol. The van der Waals surface area contributed by atoms with Gasteiger partial charge in [-0.15, -0.1) is 0 Å². The van der Waals surface area contributed by atoms with Crippen molar-refractivity contribution in [3.63, 3.8) is 0 Å². The van der Waals surface area contributed by atoms with E-state index >= 15 is 0 Å². The number of carbonyl (C=O) groups excluding carboxylic acids is 5. The molecule has 0 aliphatic heterocycles. The summed E-state index contributed by atoms with van der Waals surface area (Å²) in [6.45, 7) is 7.79. The molecule has 4 amide bonds. The van der Waals surface area contributed by atoms with Crippen LogP contribution < -0.4 is 27.0 Å². The summed E-state index contributed by atoms with van der Waals surface area (Å²) in [5.74, 6) is -0.390. The summed E-state index contributed by atoms with van der Waals surface area (Å²) in [5.41, 5.74) is 7.77. The molecule has 11 nitrogen and oxygen atoms in total. The lowest BCUT2D eigenvalue weighted by atomic mass is 9.99. The van der Waals surface area contributed by atoms with Crippen molar-refractivity contribution in [2.45, 2.75) is 90.0 Å². The van der Waals surface area contributed by atoms with E-state index < -0.39 is 53.8 Å². The molecule has 2 rings (SSSR count). The van der Waals surface area contributed by atoms with Gasteiger partial charge < -0.3 is 36.8 Å². The van der Waals surface area contributed by atoms with E-state index in [2.05, 4.69) is 26.3 Å². The lowest BCUT2D eigenvalue weighted by molar-refractivity contribution is -0.134. The Morgan fingerprint density at radius 1 is 0.783 bits per heavy atom. The van der Waals surface area contributed by atoms with E-state index in [0.717, 1.165) is 16.5 Å². The fraction of sp³-hybridized carbons (Fsp3) is 0.606. The molecule has 0 saturated carbocycles. The molecule has 0 radical (unpaired) electrons. The number of rotatable bonds is 21. The first kappa shape index (κ1) is 39.1. The van der Waals surface area contributed by atoms with Crippen molar-refractivity contribution in [3.8, 4) is 0 Å². The normalized spacial score (nSPS) is 14.7. The van der Waals surface area contributed by atoms with Gasteiger partial charge in [0.1, 0.15) is 24.4 Å². The van der Waals surface area contributed by atoms with E-state index in [0.29, 0.717) is 43.5 Å². The van der Waals surface area contributed by atoms with Crippen molar-refractivity contribution in [2.24, 2.45) is 17.6 Å². The third-order valence-electron chi connectivity index (χ3n) is 7.50. The summed E-state index contributed by atoms with van der Waals surface area (Å²) in [6.07, 6.45) is 8.10. The van der Waals surface area contributed by atoms with Gasteiger partial charge in [-0.25, -0.2) is 0 Å². The predicted molar refractivity (Wildman–Crippen MR) is 189 cm³/mol. The average molecular weight is 677 g/mol. The van der Waals surface area contributed by atoms with Crippen LogP contribution in [-0.4, -0.2) is 89.1 Å². The molecule has 1 aromatic heterocycles. The first-order valence-corrected chi connectivity index (χ1v) is 18.6. The van der Waals surface area contributed by atoms with Crippen molar-refractivity contribution in [1.29, 1.82) is 0 Å². The minimum Gasteiger partial charge on any atom is -0.361 e. The van der Waals surface area contributed by atoms with E-state index in [1.54, 1.807) is 18.0 Å². The topological polar surface area (TPSA) is 175 Å². The van der Waals surface area contributed by atoms with Crippen molar-refractivity contribution in [1.82, 2.24) is 26.3 Å². The van der Waals surface area contributed by atoms with E-state index in [1.165, 1.54) is 11.8 Å². The molecular weight excluding hydrogens is 625 g/mol. The Morgan fingerprint density at radius 3 is 1.98 bits per heavy atom. The molecule has 13 heteroatoms. The number of aldehydes is 1. The zero-order valence-electron chi connectivity index (χ0n) is 27.9. The number of nitrogens with two attached hydrogens (primary N) is 1. The summed E-state index contributed by atoms with van der Waals surface area (Å²) in [7, 11) is 0. The number of thioether (sulfide) groups is 2. The number of para-hydroxylation sites is 1. The van der Waals surface area contributed by atoms with Crippen LogP contribution in [0.2, 0.25) is 0 Å². The number of aromatic amines is 1. The van der Waals surface area contributed by atoms with E-state index in [1.807, 2.05) is 64.5 Å². The van der Waals surface area contributed by atoms with Crippen LogP contribution in [0.15, 0.2) is 30.5 Å². The van der Waals surface area contributed by atoms with Gasteiger partial charge in [0.2, 0.25) is 23.6 Å². The summed E-state index contributed by atoms with van der Waals surface area (Å²) in [5, 5.41) is 12.2. The van der Waals surface area contributed by atoms with Gasteiger partial charge in [-0.05, 0) is 73.2 Å². The highest BCUT2D eigenvalue weighted by Gasteiger charge is 2.32. The number of amides is 4. The SMILES string of the molecule is CSCC[C@H](NC(=O)[C@@H](N)CCSC)C(=O)N[C@@H](Cc1c[nH]c2ccccc12)C(=O)N[C@@H](CC(C)C)C(=O)N[C@H](C=O)CC(C)C. The summed E-state index contributed by atoms with van der Waals surface area (Å²) in [6, 6.07) is 3.31. The van der Waals surface area contributed by atoms with Gasteiger partial charge in [-0.1, -0.05) is 45.9 Å². The first-order valence-electron chi connectivity index (χ1n) is 15.8. The van der Waals surface area contributed by atoms with Crippen LogP contribution in [0.5, 0.6) is 0 Å². The smallest absolute Gasteiger partial charge is 0.243 e. The number of aromatic nitrogens is 1. The molecule has 7 N–H and O–H groups in total. The number of nitrogens with one attached hydrogen (secondary N) is 5. The maximum atomic E-state index is 14.0. The summed E-state index contributed by atoms with van der Waals surface area (Å²) < 4.78 is 0. The second kappa shape index (κ2) is 20.3. The molecule has 2 aromatic rings. The molecule has 0 unspecified atom stereocenters. The van der Waals surface area contributed by atoms with Gasteiger partial charge in [0.15, 0.2) is 0 Å². The van der Waals surface area contributed by atoms with E-state index in [4.69, 9.17) is 5.73 Å². The Balaban J connectivity index is 2.36. The first-order chi connectivity index (χ1) is 21.9. The molecule has 0 saturated heterocycles. The molecule has 256 valence electrons. The molecule has 0 aliphatic rings. The molecule has 0 bridgehead atoms. The van der Waals surface area contributed by atoms with Gasteiger partial charge in [0, 0.05) is 23.5 Å². The average Bonchev–Trinajstić information content (AvgIpc) is 3.42. The number of H-pyrrole nitrogens is 1. The van der Waals surface area contributed by atoms with E-state index in [9.17, 15) is 24.0 Å². The molecule has 0 fully saturated rings. The zero-order chi connectivity index (χ0) is 34.2. The van der Waals surface area contributed by atoms with Crippen molar-refractivity contribution >= 4 is 64.3 Å². The Bertz CT molecular complexity index is 1290. The fourth-order valence-corrected chi connectivity index (χ4v) is 6.04. The molecular formula is C33H52N6O5S2. The number of fused-ring (bicyclic) bond motifs is 1. The van der Waals surface area contributed by atoms with Gasteiger partial charge in [0.25, 0.3) is 0 Å². The van der Waals surface area contributed by atoms with Crippen LogP contribution in [0.4, 0.5) is 0 Å². The number of carbonyl (C=O) groups is 5. The number of hydrogen-bond acceptors (Lipinski definition) is 8. The Kier molecular flexibility index (Phi) is 17.2. The van der Waals surface area contributed by atoms with E-state index in [-0.39, 0.29) is 18.3 Å². The second-order valence-corrected chi connectivity index (χ2v) is 14.4. The quantitative estimate of drug-likeness (QED) is 0.109. The zero-order valence-corrected chi connectivity index (χ0v) is 29.5. The van der Waals surface area contributed by atoms with Crippen molar-refractivity contribution < 1.29 is 24.0 Å². The molecule has 1 heterocycles. The highest BCUT2D eigenvalue weighted by atomic mass is 32.2. The van der Waals surface area contributed by atoms with Crippen LogP contribution in [0, 0.1) is 11.8 Å². The Morgan fingerprint density at radius 2 is 1.35 bits per heavy atom. The fourth-order valence-electron chi connectivity index (χ4n) is 5.08. The Labute approximate surface area is 281 Å². The summed E-state index contributed by atoms with van der Waals surface area (Å²) >= 11 is 3.12. The summed E-state index contributed by atoms with van der Waals surface area (Å²) in [4.78, 5) is 68.8. The minimum atomic E-state index is -1.06. The highest BCUT2D eigenvalue weighted by Crippen LogP contribution is 2.20. The van der Waals surface area contributed by atoms with Gasteiger partial charge in [-0.2, -0.15) is 23.5 Å². The predicted octanol–water partition coefficient (Wildman–Crippen LogP) is 2.77. The highest BCUT2D eigenvalue weighted by molar-refractivity contribution is 7.98. The molecule has 5 atom stereocenters. The standard InChI is InChI=1S/C33H52N6O5S2/c1-20(2)15-23(19-40)36-32(43)28(16-21(3)4)38-33(44)29(17-22-18-35-26-10-8-7-9-24(22)26)39-31(42)27(12-14-46-6)37-30(41)25(34)11-13-45-5/h7-10,18-21,23,25,27-29,35H,11-17,34H2,1-6H3,(H,36,43)(H,37,41)(H,38,44)(H,39,42)/t23-,25-,27-,28-,29-/m0/s1. The molecule has 0 spiro atoms. The largest absolute Gasteiger partial charge is 0.361 e. The Hall–Kier alpha value is -3.03.